The number of ether oxygens (including phenoxy) is 2. The van der Waals surface area contributed by atoms with Crippen LogP contribution in [-0.4, -0.2) is 55.7 Å². The first-order chi connectivity index (χ1) is 23.2. The fourth-order valence-electron chi connectivity index (χ4n) is 4.93. The number of carbonyl (C=O) groups is 2. The van der Waals surface area contributed by atoms with Gasteiger partial charge < -0.3 is 24.6 Å². The number of nitrogens with zero attached hydrogens (tertiary/aromatic N) is 1. The third-order valence-electron chi connectivity index (χ3n) is 7.81. The average Bonchev–Trinajstić information content (AvgIpc) is 3.07. The molecule has 0 aliphatic heterocycles. The Labute approximate surface area is 288 Å². The number of rotatable bonds is 30. The summed E-state index contributed by atoms with van der Waals surface area (Å²) in [6.45, 7) is 6.74. The second-order valence-electron chi connectivity index (χ2n) is 12.3. The maximum atomic E-state index is 14.0. The number of hydrogen-bond donors (Lipinski definition) is 2. The van der Waals surface area contributed by atoms with Gasteiger partial charge in [0.1, 0.15) is 12.4 Å². The molecule has 0 aliphatic carbocycles. The number of nitro groups is 1. The molecule has 48 heavy (non-hydrogen) atoms. The molecule has 0 radical (unpaired) electrons. The molecule has 276 valence electrons. The van der Waals surface area contributed by atoms with Gasteiger partial charge in [0.25, 0.3) is 5.69 Å². The first kappa shape index (κ1) is 43.2. The lowest BCUT2D eigenvalue weighted by Gasteiger charge is -2.23. The van der Waals surface area contributed by atoms with E-state index in [1.807, 2.05) is 0 Å². The van der Waals surface area contributed by atoms with Crippen LogP contribution in [0.15, 0.2) is 24.3 Å². The molecule has 0 aromatic heterocycles. The van der Waals surface area contributed by atoms with Crippen molar-refractivity contribution < 1.29 is 37.6 Å². The highest BCUT2D eigenvalue weighted by Crippen LogP contribution is 2.49. The average molecular weight is 700 g/mol. The van der Waals surface area contributed by atoms with Crippen molar-refractivity contribution in [2.24, 2.45) is 0 Å². The standard InChI is InChI=1S/C35H62N3O9P/c1-4-7-10-13-16-19-26-36-34(39)44-29-33(46-35(40)37-27-20-17-14-11-8-5-2)30-45-48(43,28-21-18-15-12-9-6-3)47-32-24-22-31(23-25-32)38(41)42/h22-25,33H,4-21,26-30H2,1-3H3,(H,36,39)(H,37,40)/t33-,48?/m1/s1. The van der Waals surface area contributed by atoms with Crippen molar-refractivity contribution >= 4 is 25.5 Å². The molecular formula is C35H62N3O9P. The highest BCUT2D eigenvalue weighted by molar-refractivity contribution is 7.54. The topological polar surface area (TPSA) is 155 Å². The predicted octanol–water partition coefficient (Wildman–Crippen LogP) is 10.1. The van der Waals surface area contributed by atoms with Crippen LogP contribution in [0.25, 0.3) is 0 Å². The van der Waals surface area contributed by atoms with Crippen molar-refractivity contribution in [2.75, 3.05) is 32.5 Å². The lowest BCUT2D eigenvalue weighted by Crippen LogP contribution is -2.36. The van der Waals surface area contributed by atoms with Crippen LogP contribution in [0.3, 0.4) is 0 Å². The second-order valence-corrected chi connectivity index (χ2v) is 14.4. The van der Waals surface area contributed by atoms with Gasteiger partial charge in [0.15, 0.2) is 6.10 Å². The van der Waals surface area contributed by atoms with Gasteiger partial charge in [0, 0.05) is 25.2 Å². The quantitative estimate of drug-likeness (QED) is 0.0345. The Hall–Kier alpha value is -2.85. The molecule has 0 saturated heterocycles. The minimum atomic E-state index is -3.79. The van der Waals surface area contributed by atoms with Gasteiger partial charge in [-0.3, -0.25) is 14.6 Å². The largest absolute Gasteiger partial charge is 0.446 e. The van der Waals surface area contributed by atoms with Gasteiger partial charge in [-0.25, -0.2) is 14.2 Å². The molecule has 0 heterocycles. The molecular weight excluding hydrogens is 637 g/mol. The highest BCUT2D eigenvalue weighted by atomic mass is 31.2. The Morgan fingerprint density at radius 2 is 1.19 bits per heavy atom. The molecule has 1 aromatic rings. The zero-order valence-electron chi connectivity index (χ0n) is 29.7. The van der Waals surface area contributed by atoms with Gasteiger partial charge in [0.05, 0.1) is 17.7 Å². The van der Waals surface area contributed by atoms with E-state index in [0.29, 0.717) is 19.5 Å². The summed E-state index contributed by atoms with van der Waals surface area (Å²) in [5, 5.41) is 16.5. The summed E-state index contributed by atoms with van der Waals surface area (Å²) in [6, 6.07) is 5.27. The van der Waals surface area contributed by atoms with E-state index in [9.17, 15) is 24.3 Å². The fraction of sp³-hybridized carbons (Fsp3) is 0.771. The molecule has 12 nitrogen and oxygen atoms in total. The highest BCUT2D eigenvalue weighted by Gasteiger charge is 2.29. The van der Waals surface area contributed by atoms with Crippen molar-refractivity contribution in [1.82, 2.24) is 10.6 Å². The number of unbranched alkanes of at least 4 members (excludes halogenated alkanes) is 15. The molecule has 0 fully saturated rings. The zero-order chi connectivity index (χ0) is 35.3. The van der Waals surface area contributed by atoms with Crippen LogP contribution < -0.4 is 15.2 Å². The predicted molar refractivity (Wildman–Crippen MR) is 190 cm³/mol. The molecule has 0 spiro atoms. The number of carbonyl (C=O) groups excluding carboxylic acids is 2. The SMILES string of the molecule is CCCCCCCCNC(=O)OC[C@H](COP(=O)(CCCCCCCC)Oc1ccc([N+](=O)[O-])cc1)OC(=O)NCCCCCCCC. The van der Waals surface area contributed by atoms with Crippen LogP contribution in [0.5, 0.6) is 5.75 Å². The van der Waals surface area contributed by atoms with Gasteiger partial charge in [-0.2, -0.15) is 0 Å². The smallest absolute Gasteiger partial charge is 0.407 e. The lowest BCUT2D eigenvalue weighted by molar-refractivity contribution is -0.384. The summed E-state index contributed by atoms with van der Waals surface area (Å²) < 4.78 is 36.5. The Kier molecular flexibility index (Phi) is 25.2. The first-order valence-electron chi connectivity index (χ1n) is 18.3. The Bertz CT molecular complexity index is 1040. The van der Waals surface area contributed by atoms with Crippen molar-refractivity contribution in [3.8, 4) is 5.75 Å². The second kappa shape index (κ2) is 28.0. The van der Waals surface area contributed by atoms with Gasteiger partial charge in [-0.1, -0.05) is 117 Å². The normalized spacial score (nSPS) is 12.9. The van der Waals surface area contributed by atoms with Crippen molar-refractivity contribution in [3.05, 3.63) is 34.4 Å². The van der Waals surface area contributed by atoms with Crippen molar-refractivity contribution in [1.29, 1.82) is 0 Å². The summed E-state index contributed by atoms with van der Waals surface area (Å²) in [5.41, 5.74) is -0.124. The molecule has 0 aliphatic rings. The van der Waals surface area contributed by atoms with E-state index in [-0.39, 0.29) is 30.8 Å². The Balaban J connectivity index is 2.84. The summed E-state index contributed by atoms with van der Waals surface area (Å²) in [5.74, 6) is 0.161. The number of non-ortho nitro benzene ring substituents is 1. The lowest BCUT2D eigenvalue weighted by atomic mass is 10.1. The van der Waals surface area contributed by atoms with E-state index in [4.69, 9.17) is 18.5 Å². The number of nitro benzene ring substituents is 1. The van der Waals surface area contributed by atoms with Gasteiger partial charge >= 0.3 is 19.8 Å². The van der Waals surface area contributed by atoms with Crippen molar-refractivity contribution in [3.63, 3.8) is 0 Å². The van der Waals surface area contributed by atoms with Crippen LogP contribution in [0.2, 0.25) is 0 Å². The molecule has 1 rings (SSSR count). The van der Waals surface area contributed by atoms with Gasteiger partial charge in [-0.15, -0.1) is 0 Å². The minimum Gasteiger partial charge on any atom is -0.446 e. The Morgan fingerprint density at radius 3 is 1.71 bits per heavy atom. The molecule has 2 N–H and O–H groups in total. The number of benzene rings is 1. The van der Waals surface area contributed by atoms with Gasteiger partial charge in [-0.05, 0) is 31.4 Å². The minimum absolute atomic E-state index is 0.104. The first-order valence-corrected chi connectivity index (χ1v) is 20.0. The van der Waals surface area contributed by atoms with E-state index in [1.54, 1.807) is 0 Å². The third kappa shape index (κ3) is 22.7. The summed E-state index contributed by atoms with van der Waals surface area (Å²) >= 11 is 0. The number of amides is 2. The molecule has 1 aromatic carbocycles. The summed E-state index contributed by atoms with van der Waals surface area (Å²) in [7, 11) is -3.79. The summed E-state index contributed by atoms with van der Waals surface area (Å²) in [4.78, 5) is 35.6. The molecule has 13 heteroatoms. The molecule has 1 unspecified atom stereocenters. The van der Waals surface area contributed by atoms with Crippen LogP contribution in [0.1, 0.15) is 136 Å². The van der Waals surface area contributed by atoms with E-state index in [0.717, 1.165) is 77.0 Å². The van der Waals surface area contributed by atoms with E-state index in [2.05, 4.69) is 31.4 Å². The molecule has 0 bridgehead atoms. The van der Waals surface area contributed by atoms with E-state index < -0.39 is 30.8 Å². The maximum absolute atomic E-state index is 14.0. The van der Waals surface area contributed by atoms with Crippen LogP contribution in [-0.2, 0) is 18.6 Å². The number of alkyl carbamates (subject to hydrolysis) is 2. The molecule has 2 amide bonds. The van der Waals surface area contributed by atoms with Gasteiger partial charge in [0.2, 0.25) is 0 Å². The van der Waals surface area contributed by atoms with Crippen LogP contribution >= 0.6 is 7.60 Å². The summed E-state index contributed by atoms with van der Waals surface area (Å²) in [6.07, 6.45) is 16.4. The Morgan fingerprint density at radius 1 is 0.708 bits per heavy atom. The van der Waals surface area contributed by atoms with E-state index >= 15 is 0 Å². The van der Waals surface area contributed by atoms with E-state index in [1.165, 1.54) is 56.4 Å². The van der Waals surface area contributed by atoms with Crippen LogP contribution in [0.4, 0.5) is 15.3 Å². The van der Waals surface area contributed by atoms with Crippen LogP contribution in [0, 0.1) is 10.1 Å². The molecule has 2 atom stereocenters. The zero-order valence-corrected chi connectivity index (χ0v) is 30.6. The fourth-order valence-corrected chi connectivity index (χ4v) is 6.65. The number of nitrogens with one attached hydrogen (secondary N) is 2. The maximum Gasteiger partial charge on any atom is 0.407 e. The van der Waals surface area contributed by atoms with Crippen molar-refractivity contribution in [2.45, 2.75) is 142 Å². The monoisotopic (exact) mass is 699 g/mol. The number of hydrogen-bond acceptors (Lipinski definition) is 9. The third-order valence-corrected chi connectivity index (χ3v) is 9.70. The molecule has 0 saturated carbocycles.